The van der Waals surface area contributed by atoms with Gasteiger partial charge in [0.15, 0.2) is 0 Å². The molecule has 0 spiro atoms. The Morgan fingerprint density at radius 3 is 2.38 bits per heavy atom. The Hall–Kier alpha value is -2.64. The van der Waals surface area contributed by atoms with Crippen LogP contribution < -0.4 is 5.32 Å². The number of carbonyl (C=O) groups excluding carboxylic acids is 2. The quantitative estimate of drug-likeness (QED) is 0.779. The molecule has 0 saturated heterocycles. The normalized spacial score (nSPS) is 15.7. The largest absolute Gasteiger partial charge is 0.324 e. The van der Waals surface area contributed by atoms with Gasteiger partial charge in [0, 0.05) is 16.3 Å². The molecule has 0 bridgehead atoms. The van der Waals surface area contributed by atoms with Crippen molar-refractivity contribution in [2.75, 3.05) is 11.9 Å². The van der Waals surface area contributed by atoms with Crippen LogP contribution in [-0.2, 0) is 26.0 Å². The molecule has 152 valence electrons. The van der Waals surface area contributed by atoms with Crippen LogP contribution in [0.15, 0.2) is 48.0 Å². The molecule has 0 atom stereocenters. The fraction of sp³-hybridized carbons (Fsp3) is 0.238. The topological polar surface area (TPSA) is 83.6 Å². The summed E-state index contributed by atoms with van der Waals surface area (Å²) >= 11 is 6.05. The van der Waals surface area contributed by atoms with E-state index in [-0.39, 0.29) is 10.5 Å². The summed E-state index contributed by atoms with van der Waals surface area (Å²) < 4.78 is 26.7. The molecule has 0 aliphatic carbocycles. The third-order valence-electron chi connectivity index (χ3n) is 4.89. The minimum atomic E-state index is -4.13. The Morgan fingerprint density at radius 2 is 1.76 bits per heavy atom. The number of rotatable bonds is 5. The lowest BCUT2D eigenvalue weighted by Crippen LogP contribution is -2.38. The van der Waals surface area contributed by atoms with Gasteiger partial charge in [-0.05, 0) is 49.1 Å². The summed E-state index contributed by atoms with van der Waals surface area (Å²) in [4.78, 5) is 25.0. The highest BCUT2D eigenvalue weighted by Gasteiger charge is 2.43. The Morgan fingerprint density at radius 1 is 1.10 bits per heavy atom. The standard InChI is InChI=1S/C21H21ClN2O4S/c1-4-15-8-10-16(11-9-15)20-14(3)21(26)24(29(20,27)28)12-19(25)23-18-7-5-6-17(22)13(18)2/h5-11H,4,12H2,1-3H3,(H,23,25). The van der Waals surface area contributed by atoms with Crippen molar-refractivity contribution < 1.29 is 18.0 Å². The average molecular weight is 433 g/mol. The Kier molecular flexibility index (Phi) is 5.82. The molecule has 0 fully saturated rings. The van der Waals surface area contributed by atoms with E-state index < -0.39 is 28.4 Å². The molecule has 2 aromatic rings. The van der Waals surface area contributed by atoms with E-state index in [0.717, 1.165) is 12.0 Å². The van der Waals surface area contributed by atoms with Crippen LogP contribution in [0.3, 0.4) is 0 Å². The first-order valence-corrected chi connectivity index (χ1v) is 10.9. The molecule has 0 unspecified atom stereocenters. The van der Waals surface area contributed by atoms with Crippen molar-refractivity contribution in [3.63, 3.8) is 0 Å². The molecule has 1 N–H and O–H groups in total. The minimum absolute atomic E-state index is 0.0584. The van der Waals surface area contributed by atoms with Crippen molar-refractivity contribution in [3.05, 3.63) is 69.8 Å². The van der Waals surface area contributed by atoms with E-state index in [9.17, 15) is 18.0 Å². The molecule has 0 aromatic heterocycles. The predicted molar refractivity (Wildman–Crippen MR) is 114 cm³/mol. The predicted octanol–water partition coefficient (Wildman–Crippen LogP) is 3.75. The SMILES string of the molecule is CCc1ccc(C2=C(C)C(=O)N(CC(=O)Nc3cccc(Cl)c3C)S2(=O)=O)cc1. The number of amides is 2. The summed E-state index contributed by atoms with van der Waals surface area (Å²) in [7, 11) is -4.13. The number of anilines is 1. The second-order valence-corrected chi connectivity index (χ2v) is 8.99. The highest BCUT2D eigenvalue weighted by Crippen LogP contribution is 2.35. The van der Waals surface area contributed by atoms with Gasteiger partial charge in [-0.25, -0.2) is 12.7 Å². The van der Waals surface area contributed by atoms with E-state index in [1.165, 1.54) is 6.92 Å². The van der Waals surface area contributed by atoms with Crippen molar-refractivity contribution in [1.82, 2.24) is 4.31 Å². The number of sulfonamides is 1. The van der Waals surface area contributed by atoms with Gasteiger partial charge in [-0.1, -0.05) is 48.9 Å². The molecule has 29 heavy (non-hydrogen) atoms. The van der Waals surface area contributed by atoms with E-state index in [1.807, 2.05) is 19.1 Å². The van der Waals surface area contributed by atoms with Gasteiger partial charge in [0.25, 0.3) is 15.9 Å². The molecular formula is C21H21ClN2O4S. The monoisotopic (exact) mass is 432 g/mol. The van der Waals surface area contributed by atoms with Crippen molar-refractivity contribution >= 4 is 44.0 Å². The van der Waals surface area contributed by atoms with Crippen molar-refractivity contribution in [2.45, 2.75) is 27.2 Å². The first-order chi connectivity index (χ1) is 13.7. The molecule has 1 aliphatic heterocycles. The van der Waals surface area contributed by atoms with E-state index in [0.29, 0.717) is 26.1 Å². The van der Waals surface area contributed by atoms with Gasteiger partial charge < -0.3 is 5.32 Å². The van der Waals surface area contributed by atoms with E-state index in [4.69, 9.17) is 11.6 Å². The molecule has 2 amide bonds. The second-order valence-electron chi connectivity index (χ2n) is 6.78. The fourth-order valence-electron chi connectivity index (χ4n) is 3.17. The maximum Gasteiger partial charge on any atom is 0.268 e. The van der Waals surface area contributed by atoms with Crippen LogP contribution in [-0.4, -0.2) is 31.1 Å². The second kappa shape index (κ2) is 8.00. The zero-order valence-electron chi connectivity index (χ0n) is 16.3. The van der Waals surface area contributed by atoms with Crippen LogP contribution in [0, 0.1) is 6.92 Å². The maximum atomic E-state index is 13.0. The van der Waals surface area contributed by atoms with Crippen LogP contribution in [0.5, 0.6) is 0 Å². The van der Waals surface area contributed by atoms with Crippen LogP contribution in [0.1, 0.15) is 30.5 Å². The lowest BCUT2D eigenvalue weighted by molar-refractivity contribution is -0.126. The fourth-order valence-corrected chi connectivity index (χ4v) is 5.12. The van der Waals surface area contributed by atoms with E-state index in [2.05, 4.69) is 5.32 Å². The van der Waals surface area contributed by atoms with E-state index in [1.54, 1.807) is 37.3 Å². The highest BCUT2D eigenvalue weighted by molar-refractivity contribution is 7.99. The average Bonchev–Trinajstić information content (AvgIpc) is 2.85. The number of carbonyl (C=O) groups is 2. The zero-order valence-corrected chi connectivity index (χ0v) is 17.9. The highest BCUT2D eigenvalue weighted by atomic mass is 35.5. The number of hydrogen-bond acceptors (Lipinski definition) is 4. The van der Waals surface area contributed by atoms with Crippen LogP contribution >= 0.6 is 11.6 Å². The summed E-state index contributed by atoms with van der Waals surface area (Å²) in [6.07, 6.45) is 0.819. The van der Waals surface area contributed by atoms with Crippen molar-refractivity contribution in [2.24, 2.45) is 0 Å². The third-order valence-corrected chi connectivity index (χ3v) is 7.23. The first kappa shape index (κ1) is 21.1. The van der Waals surface area contributed by atoms with Crippen LogP contribution in [0.2, 0.25) is 5.02 Å². The smallest absolute Gasteiger partial charge is 0.268 e. The summed E-state index contributed by atoms with van der Waals surface area (Å²) in [6, 6.07) is 12.0. The molecule has 0 saturated carbocycles. The molecule has 0 radical (unpaired) electrons. The maximum absolute atomic E-state index is 13.0. The number of hydrogen-bond donors (Lipinski definition) is 1. The van der Waals surface area contributed by atoms with Crippen LogP contribution in [0.4, 0.5) is 5.69 Å². The van der Waals surface area contributed by atoms with Gasteiger partial charge in [-0.2, -0.15) is 0 Å². The Balaban J connectivity index is 1.85. The molecule has 1 heterocycles. The minimum Gasteiger partial charge on any atom is -0.324 e. The van der Waals surface area contributed by atoms with Crippen molar-refractivity contribution in [3.8, 4) is 0 Å². The third kappa shape index (κ3) is 3.93. The molecule has 3 rings (SSSR count). The molecule has 2 aromatic carbocycles. The molecule has 1 aliphatic rings. The van der Waals surface area contributed by atoms with Gasteiger partial charge >= 0.3 is 0 Å². The first-order valence-electron chi connectivity index (χ1n) is 9.09. The summed E-state index contributed by atoms with van der Waals surface area (Å²) in [5, 5.41) is 3.10. The molecule has 6 nitrogen and oxygen atoms in total. The summed E-state index contributed by atoms with van der Waals surface area (Å²) in [5.41, 5.74) is 2.71. The van der Waals surface area contributed by atoms with Crippen molar-refractivity contribution in [1.29, 1.82) is 0 Å². The number of aryl methyl sites for hydroxylation is 1. The summed E-state index contributed by atoms with van der Waals surface area (Å²) in [5.74, 6) is -1.32. The lowest BCUT2D eigenvalue weighted by Gasteiger charge is -2.17. The summed E-state index contributed by atoms with van der Waals surface area (Å²) in [6.45, 7) is 4.58. The Bertz CT molecular complexity index is 1120. The lowest BCUT2D eigenvalue weighted by atomic mass is 10.1. The van der Waals surface area contributed by atoms with Crippen LogP contribution in [0.25, 0.3) is 4.91 Å². The number of benzene rings is 2. The molecular weight excluding hydrogens is 412 g/mol. The van der Waals surface area contributed by atoms with Gasteiger partial charge in [-0.3, -0.25) is 9.59 Å². The number of halogens is 1. The van der Waals surface area contributed by atoms with E-state index >= 15 is 0 Å². The van der Waals surface area contributed by atoms with Gasteiger partial charge in [0.05, 0.1) is 0 Å². The van der Waals surface area contributed by atoms with Gasteiger partial charge in [0.1, 0.15) is 11.4 Å². The van der Waals surface area contributed by atoms with Gasteiger partial charge in [0.2, 0.25) is 5.91 Å². The van der Waals surface area contributed by atoms with Gasteiger partial charge in [-0.15, -0.1) is 0 Å². The Labute approximate surface area is 175 Å². The number of nitrogens with zero attached hydrogens (tertiary/aromatic N) is 1. The zero-order chi connectivity index (χ0) is 21.3. The number of nitrogens with one attached hydrogen (secondary N) is 1. The molecule has 8 heteroatoms.